The van der Waals surface area contributed by atoms with E-state index < -0.39 is 11.7 Å². The molecular formula is C19H23FN8O. The molecule has 0 spiro atoms. The highest BCUT2D eigenvalue weighted by molar-refractivity contribution is 5.98. The van der Waals surface area contributed by atoms with Gasteiger partial charge in [0.15, 0.2) is 17.3 Å². The minimum Gasteiger partial charge on any atom is -0.365 e. The predicted octanol–water partition coefficient (Wildman–Crippen LogP) is 2.03. The molecule has 0 aromatic carbocycles. The molecule has 10 heteroatoms. The van der Waals surface area contributed by atoms with Gasteiger partial charge in [0.1, 0.15) is 5.82 Å². The van der Waals surface area contributed by atoms with Crippen molar-refractivity contribution in [3.8, 4) is 0 Å². The lowest BCUT2D eigenvalue weighted by Gasteiger charge is -2.30. The number of fused-ring (bicyclic) bond motifs is 1. The molecule has 0 bridgehead atoms. The smallest absolute Gasteiger partial charge is 0.252 e. The van der Waals surface area contributed by atoms with Gasteiger partial charge in [-0.1, -0.05) is 12.8 Å². The number of anilines is 3. The van der Waals surface area contributed by atoms with E-state index in [4.69, 9.17) is 11.5 Å². The summed E-state index contributed by atoms with van der Waals surface area (Å²) in [6, 6.07) is 2.75. The second kappa shape index (κ2) is 7.63. The zero-order valence-corrected chi connectivity index (χ0v) is 16.0. The number of halogens is 1. The number of carbonyl (C=O) groups excluding carboxylic acids is 1. The summed E-state index contributed by atoms with van der Waals surface area (Å²) in [5, 5.41) is 11.1. The molecule has 152 valence electrons. The van der Waals surface area contributed by atoms with Crippen LogP contribution in [-0.2, 0) is 7.05 Å². The summed E-state index contributed by atoms with van der Waals surface area (Å²) in [5.41, 5.74) is 12.8. The van der Waals surface area contributed by atoms with Crippen LogP contribution in [0.5, 0.6) is 0 Å². The summed E-state index contributed by atoms with van der Waals surface area (Å²) in [5.74, 6) is -1.25. The summed E-state index contributed by atoms with van der Waals surface area (Å²) < 4.78 is 16.2. The molecule has 0 saturated heterocycles. The summed E-state index contributed by atoms with van der Waals surface area (Å²) >= 11 is 0. The van der Waals surface area contributed by atoms with Gasteiger partial charge in [-0.25, -0.2) is 14.4 Å². The fraction of sp³-hybridized carbons (Fsp3) is 0.368. The first-order chi connectivity index (χ1) is 13.9. The number of pyridine rings is 2. The van der Waals surface area contributed by atoms with E-state index in [2.05, 4.69) is 25.7 Å². The van der Waals surface area contributed by atoms with Gasteiger partial charge in [-0.3, -0.25) is 9.48 Å². The Bertz CT molecular complexity index is 1070. The molecule has 2 atom stereocenters. The van der Waals surface area contributed by atoms with Gasteiger partial charge >= 0.3 is 0 Å². The summed E-state index contributed by atoms with van der Waals surface area (Å²) in [6.07, 6.45) is 7.06. The summed E-state index contributed by atoms with van der Waals surface area (Å²) in [6.45, 7) is 0. The normalized spacial score (nSPS) is 19.3. The van der Waals surface area contributed by atoms with Crippen molar-refractivity contribution in [2.45, 2.75) is 37.8 Å². The molecule has 29 heavy (non-hydrogen) atoms. The minimum absolute atomic E-state index is 0.0373. The third-order valence-electron chi connectivity index (χ3n) is 5.22. The van der Waals surface area contributed by atoms with Gasteiger partial charge in [-0.05, 0) is 25.0 Å². The number of aryl methyl sites for hydroxylation is 1. The number of rotatable bonds is 5. The van der Waals surface area contributed by atoms with Crippen LogP contribution in [0.25, 0.3) is 11.0 Å². The molecule has 0 aliphatic heterocycles. The molecule has 1 saturated carbocycles. The van der Waals surface area contributed by atoms with Crippen molar-refractivity contribution in [2.24, 2.45) is 18.5 Å². The van der Waals surface area contributed by atoms with Crippen molar-refractivity contribution in [1.82, 2.24) is 19.7 Å². The van der Waals surface area contributed by atoms with Crippen molar-refractivity contribution in [3.05, 3.63) is 35.9 Å². The Morgan fingerprint density at radius 3 is 2.79 bits per heavy atom. The van der Waals surface area contributed by atoms with Crippen LogP contribution in [0.3, 0.4) is 0 Å². The van der Waals surface area contributed by atoms with E-state index in [9.17, 15) is 9.18 Å². The average molecular weight is 398 g/mol. The molecule has 3 heterocycles. The number of nitrogens with zero attached hydrogens (tertiary/aromatic N) is 4. The van der Waals surface area contributed by atoms with Gasteiger partial charge in [0, 0.05) is 24.5 Å². The maximum atomic E-state index is 14.6. The highest BCUT2D eigenvalue weighted by atomic mass is 19.1. The highest BCUT2D eigenvalue weighted by Crippen LogP contribution is 2.27. The first-order valence-corrected chi connectivity index (χ1v) is 9.49. The van der Waals surface area contributed by atoms with Crippen LogP contribution in [0.15, 0.2) is 24.5 Å². The standard InChI is InChI=1S/C19H23FN8O/c1-28-19-10(8-24-28)6-11(9-23-19)25-17-12(16(22)29)7-13(20)18(27-17)26-15-5-3-2-4-14(15)21/h6-9,14-15H,2-5,21H2,1H3,(H2,22,29)(H2,25,26,27)/t14-,15+/m0/s1. The summed E-state index contributed by atoms with van der Waals surface area (Å²) in [4.78, 5) is 20.5. The Labute approximate surface area is 166 Å². The van der Waals surface area contributed by atoms with Crippen LogP contribution in [0, 0.1) is 5.82 Å². The Morgan fingerprint density at radius 1 is 1.24 bits per heavy atom. The number of aromatic nitrogens is 4. The van der Waals surface area contributed by atoms with Crippen LogP contribution < -0.4 is 22.1 Å². The molecule has 9 nitrogen and oxygen atoms in total. The second-order valence-corrected chi connectivity index (χ2v) is 7.31. The van der Waals surface area contributed by atoms with Gasteiger partial charge in [0.25, 0.3) is 5.91 Å². The van der Waals surface area contributed by atoms with Gasteiger partial charge < -0.3 is 22.1 Å². The topological polar surface area (TPSA) is 137 Å². The average Bonchev–Trinajstić information content (AvgIpc) is 3.06. The maximum absolute atomic E-state index is 14.6. The first kappa shape index (κ1) is 19.1. The zero-order valence-electron chi connectivity index (χ0n) is 16.0. The molecule has 3 aromatic heterocycles. The largest absolute Gasteiger partial charge is 0.365 e. The fourth-order valence-corrected chi connectivity index (χ4v) is 3.64. The summed E-state index contributed by atoms with van der Waals surface area (Å²) in [7, 11) is 1.79. The van der Waals surface area contributed by atoms with E-state index in [0.29, 0.717) is 11.3 Å². The molecule has 6 N–H and O–H groups in total. The van der Waals surface area contributed by atoms with E-state index >= 15 is 0 Å². The number of carbonyl (C=O) groups is 1. The SMILES string of the molecule is Cn1ncc2cc(Nc3nc(N[C@@H]4CCCC[C@@H]4N)c(F)cc3C(N)=O)cnc21. The van der Waals surface area contributed by atoms with Crippen LogP contribution in [0.2, 0.25) is 0 Å². The first-order valence-electron chi connectivity index (χ1n) is 9.49. The van der Waals surface area contributed by atoms with Gasteiger partial charge in [0.05, 0.1) is 23.6 Å². The number of primary amides is 1. The molecule has 4 rings (SSSR count). The van der Waals surface area contributed by atoms with Crippen molar-refractivity contribution in [3.63, 3.8) is 0 Å². The minimum atomic E-state index is -0.782. The lowest BCUT2D eigenvalue weighted by atomic mass is 9.91. The predicted molar refractivity (Wildman–Crippen MR) is 108 cm³/mol. The highest BCUT2D eigenvalue weighted by Gasteiger charge is 2.24. The number of nitrogens with one attached hydrogen (secondary N) is 2. The Kier molecular flexibility index (Phi) is 5.01. The van der Waals surface area contributed by atoms with E-state index in [1.807, 2.05) is 6.07 Å². The maximum Gasteiger partial charge on any atom is 0.252 e. The number of nitrogens with two attached hydrogens (primary N) is 2. The molecular weight excluding hydrogens is 375 g/mol. The van der Waals surface area contributed by atoms with Crippen LogP contribution >= 0.6 is 0 Å². The Balaban J connectivity index is 1.67. The third kappa shape index (κ3) is 3.83. The third-order valence-corrected chi connectivity index (χ3v) is 5.22. The molecule has 1 aliphatic rings. The van der Waals surface area contributed by atoms with Crippen molar-refractivity contribution in [2.75, 3.05) is 10.6 Å². The lowest BCUT2D eigenvalue weighted by molar-refractivity contribution is 0.100. The van der Waals surface area contributed by atoms with E-state index in [1.165, 1.54) is 0 Å². The number of hydrogen-bond donors (Lipinski definition) is 4. The van der Waals surface area contributed by atoms with Crippen LogP contribution in [0.1, 0.15) is 36.0 Å². The molecule has 0 radical (unpaired) electrons. The van der Waals surface area contributed by atoms with Crippen LogP contribution in [0.4, 0.5) is 21.7 Å². The van der Waals surface area contributed by atoms with Crippen molar-refractivity contribution < 1.29 is 9.18 Å². The molecule has 1 fully saturated rings. The lowest BCUT2D eigenvalue weighted by Crippen LogP contribution is -2.43. The van der Waals surface area contributed by atoms with Crippen LogP contribution in [-0.4, -0.2) is 37.7 Å². The Hall–Kier alpha value is -3.27. The second-order valence-electron chi connectivity index (χ2n) is 7.31. The van der Waals surface area contributed by atoms with E-state index in [1.54, 1.807) is 24.1 Å². The van der Waals surface area contributed by atoms with Gasteiger partial charge in [-0.15, -0.1) is 0 Å². The monoisotopic (exact) mass is 398 g/mol. The number of hydrogen-bond acceptors (Lipinski definition) is 7. The van der Waals surface area contributed by atoms with Crippen molar-refractivity contribution in [1.29, 1.82) is 0 Å². The van der Waals surface area contributed by atoms with E-state index in [-0.39, 0.29) is 29.3 Å². The van der Waals surface area contributed by atoms with E-state index in [0.717, 1.165) is 37.1 Å². The molecule has 0 unspecified atom stereocenters. The number of amides is 1. The quantitative estimate of drug-likeness (QED) is 0.516. The molecule has 1 amide bonds. The Morgan fingerprint density at radius 2 is 2.03 bits per heavy atom. The molecule has 3 aromatic rings. The zero-order chi connectivity index (χ0) is 20.5. The fourth-order valence-electron chi connectivity index (χ4n) is 3.64. The van der Waals surface area contributed by atoms with Gasteiger partial charge in [-0.2, -0.15) is 5.10 Å². The van der Waals surface area contributed by atoms with Crippen molar-refractivity contribution >= 4 is 34.3 Å². The molecule has 1 aliphatic carbocycles. The van der Waals surface area contributed by atoms with Gasteiger partial charge in [0.2, 0.25) is 0 Å².